The summed E-state index contributed by atoms with van der Waals surface area (Å²) in [5, 5.41) is 13.9. The first kappa shape index (κ1) is 14.3. The lowest BCUT2D eigenvalue weighted by Crippen LogP contribution is -2.46. The third-order valence-electron chi connectivity index (χ3n) is 3.27. The lowest BCUT2D eigenvalue weighted by molar-refractivity contribution is -0.404. The molecule has 0 bridgehead atoms. The molecule has 1 fully saturated rings. The highest BCUT2D eigenvalue weighted by Gasteiger charge is 2.18. The number of rotatable bonds is 5. The number of nitrogens with zero attached hydrogens (tertiary/aromatic N) is 4. The molecule has 2 heterocycles. The summed E-state index contributed by atoms with van der Waals surface area (Å²) >= 11 is 0. The van der Waals surface area contributed by atoms with Gasteiger partial charge in [0.1, 0.15) is 0 Å². The number of piperazine rings is 1. The zero-order valence-corrected chi connectivity index (χ0v) is 11.5. The maximum atomic E-state index is 10.8. The normalized spacial score (nSPS) is 17.1. The van der Waals surface area contributed by atoms with Crippen molar-refractivity contribution in [3.05, 3.63) is 52.2 Å². The van der Waals surface area contributed by atoms with Crippen LogP contribution in [-0.2, 0) is 6.54 Å². The molecule has 108 valence electrons. The van der Waals surface area contributed by atoms with E-state index >= 15 is 0 Å². The van der Waals surface area contributed by atoms with E-state index in [0.717, 1.165) is 37.9 Å². The molecule has 2 rings (SSSR count). The van der Waals surface area contributed by atoms with Gasteiger partial charge in [-0.05, 0) is 18.7 Å². The Labute approximate surface area is 118 Å². The molecule has 0 atom stereocenters. The Bertz CT molecular complexity index is 469. The molecule has 0 radical (unpaired) electrons. The summed E-state index contributed by atoms with van der Waals surface area (Å²) in [5.74, 6) is 0.562. The van der Waals surface area contributed by atoms with E-state index in [-0.39, 0.29) is 0 Å². The molecule has 20 heavy (non-hydrogen) atoms. The van der Waals surface area contributed by atoms with Gasteiger partial charge in [0.05, 0.1) is 4.92 Å². The zero-order valence-electron chi connectivity index (χ0n) is 11.5. The molecule has 0 unspecified atom stereocenters. The molecule has 1 aliphatic rings. The highest BCUT2D eigenvalue weighted by molar-refractivity contribution is 5.10. The van der Waals surface area contributed by atoms with E-state index in [2.05, 4.69) is 22.2 Å². The first-order valence-electron chi connectivity index (χ1n) is 6.57. The molecule has 1 aromatic heterocycles. The van der Waals surface area contributed by atoms with Crippen LogP contribution in [0.3, 0.4) is 0 Å². The molecular weight excluding hydrogens is 258 g/mol. The molecule has 0 aromatic carbocycles. The molecule has 0 aliphatic carbocycles. The second kappa shape index (κ2) is 6.85. The Morgan fingerprint density at radius 2 is 2.25 bits per heavy atom. The van der Waals surface area contributed by atoms with Crippen molar-refractivity contribution in [1.82, 2.24) is 20.1 Å². The van der Waals surface area contributed by atoms with Crippen molar-refractivity contribution in [1.29, 1.82) is 0 Å². The number of hydrogen-bond acceptors (Lipinski definition) is 6. The van der Waals surface area contributed by atoms with Crippen LogP contribution >= 0.6 is 0 Å². The molecule has 1 N–H and O–H groups in total. The van der Waals surface area contributed by atoms with E-state index in [0.29, 0.717) is 12.4 Å². The van der Waals surface area contributed by atoms with Crippen LogP contribution in [0, 0.1) is 10.1 Å². The van der Waals surface area contributed by atoms with Gasteiger partial charge in [-0.1, -0.05) is 6.07 Å². The fourth-order valence-electron chi connectivity index (χ4n) is 2.08. The maximum absolute atomic E-state index is 10.8. The largest absolute Gasteiger partial charge is 0.362 e. The van der Waals surface area contributed by atoms with Crippen molar-refractivity contribution in [3.63, 3.8) is 0 Å². The highest BCUT2D eigenvalue weighted by atomic mass is 16.6. The van der Waals surface area contributed by atoms with Gasteiger partial charge in [0.2, 0.25) is 0 Å². The number of hydrogen-bond donors (Lipinski definition) is 1. The maximum Gasteiger partial charge on any atom is 0.274 e. The zero-order chi connectivity index (χ0) is 14.4. The topological polar surface area (TPSA) is 74.5 Å². The first-order valence-corrected chi connectivity index (χ1v) is 6.57. The van der Waals surface area contributed by atoms with Gasteiger partial charge in [0, 0.05) is 45.1 Å². The van der Waals surface area contributed by atoms with Crippen LogP contribution in [-0.4, -0.2) is 52.9 Å². The van der Waals surface area contributed by atoms with E-state index in [4.69, 9.17) is 0 Å². The van der Waals surface area contributed by atoms with Crippen LogP contribution < -0.4 is 5.32 Å². The standard InChI is InChI=1S/C13H19N5O2/c1-16-5-7-17(8-6-16)13(11-18(19)20)15-10-12-3-2-4-14-9-12/h2-4,9,11,15H,5-8,10H2,1H3/b13-11+. The van der Waals surface area contributed by atoms with Crippen LogP contribution in [0.2, 0.25) is 0 Å². The van der Waals surface area contributed by atoms with Crippen molar-refractivity contribution in [3.8, 4) is 0 Å². The Hall–Kier alpha value is -2.15. The van der Waals surface area contributed by atoms with Crippen molar-refractivity contribution in [2.45, 2.75) is 6.54 Å². The average molecular weight is 277 g/mol. The summed E-state index contributed by atoms with van der Waals surface area (Å²) in [6, 6.07) is 3.79. The first-order chi connectivity index (χ1) is 9.65. The van der Waals surface area contributed by atoms with Gasteiger partial charge in [0.25, 0.3) is 6.20 Å². The van der Waals surface area contributed by atoms with Gasteiger partial charge < -0.3 is 15.1 Å². The average Bonchev–Trinajstić information content (AvgIpc) is 2.45. The SMILES string of the molecule is CN1CCN(/C(=C/[N+](=O)[O-])NCc2cccnc2)CC1. The number of pyridine rings is 1. The summed E-state index contributed by atoms with van der Waals surface area (Å²) < 4.78 is 0. The number of nitrogens with one attached hydrogen (secondary N) is 1. The number of nitro groups is 1. The van der Waals surface area contributed by atoms with Gasteiger partial charge in [-0.25, -0.2) is 0 Å². The fraction of sp³-hybridized carbons (Fsp3) is 0.462. The third kappa shape index (κ3) is 4.20. The van der Waals surface area contributed by atoms with E-state index in [9.17, 15) is 10.1 Å². The van der Waals surface area contributed by atoms with Gasteiger partial charge in [-0.3, -0.25) is 15.1 Å². The lowest BCUT2D eigenvalue weighted by atomic mass is 10.3. The Morgan fingerprint density at radius 3 is 2.85 bits per heavy atom. The summed E-state index contributed by atoms with van der Waals surface area (Å²) in [4.78, 5) is 18.6. The van der Waals surface area contributed by atoms with Gasteiger partial charge in [-0.15, -0.1) is 0 Å². The minimum absolute atomic E-state index is 0.413. The minimum atomic E-state index is -0.413. The monoisotopic (exact) mass is 277 g/mol. The number of aromatic nitrogens is 1. The summed E-state index contributed by atoms with van der Waals surface area (Å²) in [6.07, 6.45) is 4.50. The predicted molar refractivity (Wildman–Crippen MR) is 75.2 cm³/mol. The molecule has 1 aliphatic heterocycles. The molecule has 0 spiro atoms. The van der Waals surface area contributed by atoms with Crippen molar-refractivity contribution >= 4 is 0 Å². The van der Waals surface area contributed by atoms with Crippen LogP contribution in [0.25, 0.3) is 0 Å². The Morgan fingerprint density at radius 1 is 1.50 bits per heavy atom. The van der Waals surface area contributed by atoms with E-state index in [1.165, 1.54) is 0 Å². The third-order valence-corrected chi connectivity index (χ3v) is 3.27. The highest BCUT2D eigenvalue weighted by Crippen LogP contribution is 2.07. The lowest BCUT2D eigenvalue weighted by Gasteiger charge is -2.34. The quantitative estimate of drug-likeness (QED) is 0.624. The smallest absolute Gasteiger partial charge is 0.274 e. The van der Waals surface area contributed by atoms with Crippen molar-refractivity contribution in [2.75, 3.05) is 33.2 Å². The summed E-state index contributed by atoms with van der Waals surface area (Å²) in [7, 11) is 2.05. The molecule has 0 saturated carbocycles. The van der Waals surface area contributed by atoms with Crippen LogP contribution in [0.1, 0.15) is 5.56 Å². The molecule has 1 aromatic rings. The molecule has 7 nitrogen and oxygen atoms in total. The van der Waals surface area contributed by atoms with E-state index in [1.54, 1.807) is 12.4 Å². The summed E-state index contributed by atoms with van der Waals surface area (Å²) in [6.45, 7) is 3.92. The van der Waals surface area contributed by atoms with E-state index in [1.807, 2.05) is 17.0 Å². The van der Waals surface area contributed by atoms with Crippen molar-refractivity contribution < 1.29 is 4.92 Å². The predicted octanol–water partition coefficient (Wildman–Crippen LogP) is 0.494. The molecular formula is C13H19N5O2. The fourth-order valence-corrected chi connectivity index (χ4v) is 2.08. The second-order valence-corrected chi connectivity index (χ2v) is 4.80. The van der Waals surface area contributed by atoms with Crippen LogP contribution in [0.5, 0.6) is 0 Å². The second-order valence-electron chi connectivity index (χ2n) is 4.80. The Balaban J connectivity index is 1.99. The van der Waals surface area contributed by atoms with Crippen molar-refractivity contribution in [2.24, 2.45) is 0 Å². The van der Waals surface area contributed by atoms with Crippen LogP contribution in [0.15, 0.2) is 36.5 Å². The number of likely N-dealkylation sites (N-methyl/N-ethyl adjacent to an activating group) is 1. The summed E-state index contributed by atoms with van der Waals surface area (Å²) in [5.41, 5.74) is 0.996. The molecule has 7 heteroatoms. The van der Waals surface area contributed by atoms with Gasteiger partial charge in [-0.2, -0.15) is 0 Å². The molecule has 1 saturated heterocycles. The van der Waals surface area contributed by atoms with Gasteiger partial charge >= 0.3 is 0 Å². The molecule has 0 amide bonds. The minimum Gasteiger partial charge on any atom is -0.362 e. The van der Waals surface area contributed by atoms with Gasteiger partial charge in [0.15, 0.2) is 5.82 Å². The van der Waals surface area contributed by atoms with E-state index < -0.39 is 4.92 Å². The Kier molecular flexibility index (Phi) is 4.89. The van der Waals surface area contributed by atoms with Crippen LogP contribution in [0.4, 0.5) is 0 Å².